The van der Waals surface area contributed by atoms with Gasteiger partial charge in [-0.05, 0) is 56.8 Å². The molecule has 5 heteroatoms. The van der Waals surface area contributed by atoms with Gasteiger partial charge < -0.3 is 9.84 Å². The van der Waals surface area contributed by atoms with Gasteiger partial charge in [0, 0.05) is 0 Å². The molecular weight excluding hydrogens is 314 g/mol. The lowest BCUT2D eigenvalue weighted by molar-refractivity contribution is -0.189. The molecule has 0 heterocycles. The highest BCUT2D eigenvalue weighted by Gasteiger charge is 2.53. The summed E-state index contributed by atoms with van der Waals surface area (Å²) >= 11 is 0. The van der Waals surface area contributed by atoms with Crippen LogP contribution >= 0.6 is 0 Å². The molecule has 24 heavy (non-hydrogen) atoms. The topological polar surface area (TPSA) is 46.5 Å². The van der Waals surface area contributed by atoms with E-state index in [1.807, 2.05) is 0 Å². The Labute approximate surface area is 144 Å². The summed E-state index contributed by atoms with van der Waals surface area (Å²) in [4.78, 5) is 12.0. The lowest BCUT2D eigenvalue weighted by Crippen LogP contribution is -2.53. The van der Waals surface area contributed by atoms with Gasteiger partial charge >= 0.3 is 5.97 Å². The first-order valence-corrected chi connectivity index (χ1v) is 9.60. The summed E-state index contributed by atoms with van der Waals surface area (Å²) in [6, 6.07) is 0. The van der Waals surface area contributed by atoms with Gasteiger partial charge in [0.2, 0.25) is 6.43 Å². The smallest absolute Gasteiger partial charge is 0.338 e. The minimum Gasteiger partial charge on any atom is -0.464 e. The third kappa shape index (κ3) is 4.27. The summed E-state index contributed by atoms with van der Waals surface area (Å²) < 4.78 is 32.0. The molecule has 140 valence electrons. The minimum absolute atomic E-state index is 0.0976. The van der Waals surface area contributed by atoms with Crippen LogP contribution in [0.15, 0.2) is 0 Å². The highest BCUT2D eigenvalue weighted by atomic mass is 19.3. The molecule has 2 rings (SSSR count). The summed E-state index contributed by atoms with van der Waals surface area (Å²) in [7, 11) is 0. The number of carbonyl (C=O) groups is 1. The van der Waals surface area contributed by atoms with Gasteiger partial charge in [0.1, 0.15) is 0 Å². The van der Waals surface area contributed by atoms with Crippen LogP contribution in [0.3, 0.4) is 0 Å². The van der Waals surface area contributed by atoms with E-state index in [9.17, 15) is 18.7 Å². The normalized spacial score (nSPS) is 37.4. The Kier molecular flexibility index (Phi) is 7.02. The number of alkyl halides is 2. The Balaban J connectivity index is 1.99. The summed E-state index contributed by atoms with van der Waals surface area (Å²) in [6.45, 7) is 3.93. The van der Waals surface area contributed by atoms with Crippen LogP contribution in [0.4, 0.5) is 8.78 Å². The van der Waals surface area contributed by atoms with Crippen LogP contribution in [0, 0.1) is 23.7 Å². The summed E-state index contributed by atoms with van der Waals surface area (Å²) in [5, 5.41) is 10.6. The third-order valence-corrected chi connectivity index (χ3v) is 6.25. The van der Waals surface area contributed by atoms with E-state index < -0.39 is 23.9 Å². The summed E-state index contributed by atoms with van der Waals surface area (Å²) in [6.07, 6.45) is 5.33. The Morgan fingerprint density at radius 1 is 1.17 bits per heavy atom. The van der Waals surface area contributed by atoms with E-state index in [1.165, 1.54) is 25.7 Å². The number of hydrogen-bond acceptors (Lipinski definition) is 3. The minimum atomic E-state index is -2.70. The standard InChI is InChI=1S/C19H32F2O3/c1-3-5-13-6-8-14(9-7-13)15-10-11-19(23,18(22)24-4-2)16(12-15)17(20)21/h13-17,23H,3-12H2,1-2H3. The molecule has 0 aliphatic heterocycles. The molecule has 0 bridgehead atoms. The number of halogens is 2. The maximum Gasteiger partial charge on any atom is 0.338 e. The number of esters is 1. The first-order valence-electron chi connectivity index (χ1n) is 9.60. The maximum atomic E-state index is 13.6. The van der Waals surface area contributed by atoms with E-state index in [0.29, 0.717) is 12.3 Å². The maximum absolute atomic E-state index is 13.6. The quantitative estimate of drug-likeness (QED) is 0.717. The third-order valence-electron chi connectivity index (χ3n) is 6.25. The highest BCUT2D eigenvalue weighted by molar-refractivity contribution is 5.80. The molecule has 2 aliphatic carbocycles. The van der Waals surface area contributed by atoms with Crippen LogP contribution in [-0.4, -0.2) is 29.7 Å². The van der Waals surface area contributed by atoms with E-state index in [0.717, 1.165) is 18.8 Å². The van der Waals surface area contributed by atoms with Crippen molar-refractivity contribution in [3.8, 4) is 0 Å². The van der Waals surface area contributed by atoms with Crippen LogP contribution in [0.2, 0.25) is 0 Å². The number of carbonyl (C=O) groups excluding carboxylic acids is 1. The Bertz CT molecular complexity index is 407. The molecule has 0 radical (unpaired) electrons. The van der Waals surface area contributed by atoms with Gasteiger partial charge in [0.15, 0.2) is 5.60 Å². The monoisotopic (exact) mass is 346 g/mol. The van der Waals surface area contributed by atoms with Gasteiger partial charge in [0.05, 0.1) is 12.5 Å². The van der Waals surface area contributed by atoms with Crippen molar-refractivity contribution < 1.29 is 23.4 Å². The second-order valence-electron chi connectivity index (χ2n) is 7.69. The van der Waals surface area contributed by atoms with E-state index in [1.54, 1.807) is 6.92 Å². The van der Waals surface area contributed by atoms with Crippen molar-refractivity contribution in [1.29, 1.82) is 0 Å². The van der Waals surface area contributed by atoms with Crippen LogP contribution in [0.5, 0.6) is 0 Å². The molecule has 3 unspecified atom stereocenters. The molecular formula is C19H32F2O3. The molecule has 0 spiro atoms. The van der Waals surface area contributed by atoms with Crippen molar-refractivity contribution >= 4 is 5.97 Å². The molecule has 3 atom stereocenters. The molecule has 3 nitrogen and oxygen atoms in total. The average Bonchev–Trinajstić information content (AvgIpc) is 2.56. The van der Waals surface area contributed by atoms with Gasteiger partial charge in [-0.3, -0.25) is 0 Å². The second-order valence-corrected chi connectivity index (χ2v) is 7.69. The van der Waals surface area contributed by atoms with Gasteiger partial charge in [-0.15, -0.1) is 0 Å². The van der Waals surface area contributed by atoms with Crippen LogP contribution < -0.4 is 0 Å². The van der Waals surface area contributed by atoms with Crippen molar-refractivity contribution in [3.63, 3.8) is 0 Å². The zero-order chi connectivity index (χ0) is 17.7. The zero-order valence-corrected chi connectivity index (χ0v) is 15.0. The lowest BCUT2D eigenvalue weighted by Gasteiger charge is -2.44. The van der Waals surface area contributed by atoms with E-state index in [2.05, 4.69) is 6.92 Å². The fraction of sp³-hybridized carbons (Fsp3) is 0.947. The van der Waals surface area contributed by atoms with Gasteiger partial charge in [0.25, 0.3) is 0 Å². The van der Waals surface area contributed by atoms with Crippen molar-refractivity contribution in [2.75, 3.05) is 6.61 Å². The van der Waals surface area contributed by atoms with Crippen molar-refractivity contribution in [1.82, 2.24) is 0 Å². The van der Waals surface area contributed by atoms with E-state index in [4.69, 9.17) is 4.74 Å². The Morgan fingerprint density at radius 2 is 1.83 bits per heavy atom. The van der Waals surface area contributed by atoms with Gasteiger partial charge in [-0.1, -0.05) is 32.6 Å². The first-order chi connectivity index (χ1) is 11.4. The lowest BCUT2D eigenvalue weighted by atomic mass is 9.64. The van der Waals surface area contributed by atoms with Gasteiger partial charge in [-0.25, -0.2) is 13.6 Å². The molecule has 0 amide bonds. The van der Waals surface area contributed by atoms with Crippen LogP contribution in [0.25, 0.3) is 0 Å². The molecule has 0 aromatic rings. The van der Waals surface area contributed by atoms with E-state index in [-0.39, 0.29) is 25.4 Å². The van der Waals surface area contributed by atoms with Crippen LogP contribution in [0.1, 0.15) is 71.6 Å². The molecule has 2 fully saturated rings. The largest absolute Gasteiger partial charge is 0.464 e. The number of aliphatic hydroxyl groups is 1. The predicted octanol–water partition coefficient (Wildman–Crippen LogP) is 4.57. The Hall–Kier alpha value is -0.710. The first kappa shape index (κ1) is 19.6. The number of rotatable bonds is 6. The molecule has 0 saturated heterocycles. The van der Waals surface area contributed by atoms with Crippen molar-refractivity contribution in [3.05, 3.63) is 0 Å². The summed E-state index contributed by atoms with van der Waals surface area (Å²) in [5.41, 5.74) is -2.01. The number of hydrogen-bond donors (Lipinski definition) is 1. The SMILES string of the molecule is CCCC1CCC(C2CCC(O)(C(=O)OCC)C(C(F)F)C2)CC1. The Morgan fingerprint density at radius 3 is 2.38 bits per heavy atom. The van der Waals surface area contributed by atoms with Gasteiger partial charge in [-0.2, -0.15) is 0 Å². The van der Waals surface area contributed by atoms with Crippen LogP contribution in [-0.2, 0) is 9.53 Å². The zero-order valence-electron chi connectivity index (χ0n) is 15.0. The fourth-order valence-electron chi connectivity index (χ4n) is 4.84. The predicted molar refractivity (Wildman–Crippen MR) is 88.8 cm³/mol. The second kappa shape index (κ2) is 8.59. The molecule has 2 saturated carbocycles. The van der Waals surface area contributed by atoms with Crippen molar-refractivity contribution in [2.45, 2.75) is 83.7 Å². The average molecular weight is 346 g/mol. The molecule has 1 N–H and O–H groups in total. The molecule has 0 aromatic heterocycles. The fourth-order valence-corrected chi connectivity index (χ4v) is 4.84. The molecule has 0 aromatic carbocycles. The highest BCUT2D eigenvalue weighted by Crippen LogP contribution is 2.47. The summed E-state index contributed by atoms with van der Waals surface area (Å²) in [5.74, 6) is -0.728. The molecule has 2 aliphatic rings. The number of ether oxygens (including phenoxy) is 1. The van der Waals surface area contributed by atoms with E-state index >= 15 is 0 Å². The van der Waals surface area contributed by atoms with Crippen molar-refractivity contribution in [2.24, 2.45) is 23.7 Å².